The van der Waals surface area contributed by atoms with Crippen LogP contribution in [0.25, 0.3) is 0 Å². The van der Waals surface area contributed by atoms with Crippen molar-refractivity contribution in [2.24, 2.45) is 0 Å². The standard InChI is InChI=1S/C21H13ClN2O4/c22-13-9-15(24-14-8-4-3-7-12(14)21(27)28)16-17(18(13)23)20(26)11-6-2-1-5-10(11)19(16)25/h1-9,24H,23H2,(H,27,28). The molecule has 0 aliphatic heterocycles. The van der Waals surface area contributed by atoms with Gasteiger partial charge in [0.2, 0.25) is 0 Å². The second kappa shape index (κ2) is 6.51. The Morgan fingerprint density at radius 3 is 2.11 bits per heavy atom. The van der Waals surface area contributed by atoms with Crippen molar-refractivity contribution < 1.29 is 19.5 Å². The van der Waals surface area contributed by atoms with Gasteiger partial charge in [0, 0.05) is 11.1 Å². The lowest BCUT2D eigenvalue weighted by molar-refractivity contribution is 0.0697. The van der Waals surface area contributed by atoms with Crippen LogP contribution in [0.1, 0.15) is 42.2 Å². The Morgan fingerprint density at radius 1 is 0.893 bits per heavy atom. The maximum atomic E-state index is 13.1. The molecule has 7 heteroatoms. The number of hydrogen-bond acceptors (Lipinski definition) is 5. The number of ketones is 2. The van der Waals surface area contributed by atoms with E-state index in [9.17, 15) is 19.5 Å². The van der Waals surface area contributed by atoms with E-state index in [1.165, 1.54) is 12.1 Å². The molecule has 1 aliphatic carbocycles. The van der Waals surface area contributed by atoms with Crippen molar-refractivity contribution in [3.63, 3.8) is 0 Å². The second-order valence-electron chi connectivity index (χ2n) is 6.25. The Labute approximate surface area is 164 Å². The maximum absolute atomic E-state index is 13.1. The van der Waals surface area contributed by atoms with Gasteiger partial charge in [-0.05, 0) is 18.2 Å². The fourth-order valence-corrected chi connectivity index (χ4v) is 3.51. The quantitative estimate of drug-likeness (QED) is 0.452. The first-order chi connectivity index (χ1) is 13.4. The van der Waals surface area contributed by atoms with Gasteiger partial charge in [-0.25, -0.2) is 4.79 Å². The third kappa shape index (κ3) is 2.62. The second-order valence-corrected chi connectivity index (χ2v) is 6.66. The number of benzene rings is 3. The van der Waals surface area contributed by atoms with E-state index in [1.807, 2.05) is 0 Å². The maximum Gasteiger partial charge on any atom is 0.337 e. The molecule has 0 atom stereocenters. The van der Waals surface area contributed by atoms with Gasteiger partial charge in [-0.1, -0.05) is 48.0 Å². The molecule has 4 rings (SSSR count). The van der Waals surface area contributed by atoms with E-state index in [0.29, 0.717) is 0 Å². The molecule has 138 valence electrons. The summed E-state index contributed by atoms with van der Waals surface area (Å²) in [6.45, 7) is 0. The zero-order chi connectivity index (χ0) is 20.0. The summed E-state index contributed by atoms with van der Waals surface area (Å²) in [4.78, 5) is 37.6. The molecule has 0 radical (unpaired) electrons. The predicted octanol–water partition coefficient (Wildman–Crippen LogP) is 4.14. The van der Waals surface area contributed by atoms with E-state index in [1.54, 1.807) is 42.5 Å². The average molecular weight is 393 g/mol. The minimum atomic E-state index is -1.13. The van der Waals surface area contributed by atoms with Crippen LogP contribution < -0.4 is 11.1 Å². The van der Waals surface area contributed by atoms with Gasteiger partial charge in [0.15, 0.2) is 11.6 Å². The number of nitrogens with one attached hydrogen (secondary N) is 1. The molecule has 0 fully saturated rings. The summed E-state index contributed by atoms with van der Waals surface area (Å²) in [5.41, 5.74) is 7.15. The van der Waals surface area contributed by atoms with E-state index in [-0.39, 0.29) is 55.7 Å². The summed E-state index contributed by atoms with van der Waals surface area (Å²) in [5, 5.41) is 12.4. The summed E-state index contributed by atoms with van der Waals surface area (Å²) in [6.07, 6.45) is 0. The van der Waals surface area contributed by atoms with Crippen molar-refractivity contribution in [3.8, 4) is 0 Å². The third-order valence-electron chi connectivity index (χ3n) is 4.61. The minimum Gasteiger partial charge on any atom is -0.478 e. The molecule has 4 N–H and O–H groups in total. The first-order valence-electron chi connectivity index (χ1n) is 8.30. The summed E-state index contributed by atoms with van der Waals surface area (Å²) < 4.78 is 0. The lowest BCUT2D eigenvalue weighted by Crippen LogP contribution is -2.24. The fraction of sp³-hybridized carbons (Fsp3) is 0. The van der Waals surface area contributed by atoms with Crippen LogP contribution in [0.15, 0.2) is 54.6 Å². The van der Waals surface area contributed by atoms with Crippen LogP contribution in [-0.2, 0) is 0 Å². The average Bonchev–Trinajstić information content (AvgIpc) is 2.69. The van der Waals surface area contributed by atoms with Gasteiger partial charge in [-0.2, -0.15) is 0 Å². The van der Waals surface area contributed by atoms with E-state index in [2.05, 4.69) is 5.32 Å². The molecule has 0 saturated heterocycles. The van der Waals surface area contributed by atoms with Crippen LogP contribution >= 0.6 is 11.6 Å². The number of fused-ring (bicyclic) bond motifs is 2. The van der Waals surface area contributed by atoms with Crippen molar-refractivity contribution in [3.05, 3.63) is 87.4 Å². The number of nitrogen functional groups attached to an aromatic ring is 1. The summed E-state index contributed by atoms with van der Waals surface area (Å²) >= 11 is 6.21. The topological polar surface area (TPSA) is 109 Å². The molecular formula is C21H13ClN2O4. The van der Waals surface area contributed by atoms with Crippen molar-refractivity contribution in [2.45, 2.75) is 0 Å². The normalized spacial score (nSPS) is 12.3. The first kappa shape index (κ1) is 17.8. The lowest BCUT2D eigenvalue weighted by Gasteiger charge is -2.23. The highest BCUT2D eigenvalue weighted by molar-refractivity contribution is 6.38. The van der Waals surface area contributed by atoms with Gasteiger partial charge in [0.25, 0.3) is 0 Å². The molecular weight excluding hydrogens is 380 g/mol. The Morgan fingerprint density at radius 2 is 1.46 bits per heavy atom. The molecule has 0 amide bonds. The number of carboxylic acid groups (broad SMARTS) is 1. The van der Waals surface area contributed by atoms with Gasteiger partial charge in [0.05, 0.1) is 38.8 Å². The highest BCUT2D eigenvalue weighted by atomic mass is 35.5. The molecule has 1 aliphatic rings. The number of rotatable bonds is 3. The van der Waals surface area contributed by atoms with E-state index < -0.39 is 11.8 Å². The molecule has 0 heterocycles. The van der Waals surface area contributed by atoms with Gasteiger partial charge in [-0.15, -0.1) is 0 Å². The SMILES string of the molecule is Nc1c(Cl)cc(Nc2ccccc2C(=O)O)c2c1C(=O)c1ccccc1C2=O. The monoisotopic (exact) mass is 392 g/mol. The van der Waals surface area contributed by atoms with Gasteiger partial charge in [-0.3, -0.25) is 9.59 Å². The number of halogens is 1. The molecule has 3 aromatic carbocycles. The number of nitrogens with two attached hydrogens (primary N) is 1. The molecule has 3 aromatic rings. The molecule has 0 bridgehead atoms. The summed E-state index contributed by atoms with van der Waals surface area (Å²) in [5.74, 6) is -1.92. The van der Waals surface area contributed by atoms with E-state index in [0.717, 1.165) is 0 Å². The number of carboxylic acids is 1. The van der Waals surface area contributed by atoms with Crippen LogP contribution in [0.3, 0.4) is 0 Å². The van der Waals surface area contributed by atoms with Crippen LogP contribution in [0.2, 0.25) is 5.02 Å². The fourth-order valence-electron chi connectivity index (χ4n) is 3.31. The highest BCUT2D eigenvalue weighted by Crippen LogP contribution is 2.40. The number of hydrogen-bond donors (Lipinski definition) is 3. The zero-order valence-electron chi connectivity index (χ0n) is 14.3. The molecule has 0 unspecified atom stereocenters. The van der Waals surface area contributed by atoms with Crippen molar-refractivity contribution >= 4 is 46.2 Å². The van der Waals surface area contributed by atoms with Crippen LogP contribution in [-0.4, -0.2) is 22.6 Å². The van der Waals surface area contributed by atoms with Crippen molar-refractivity contribution in [1.82, 2.24) is 0 Å². The Bertz CT molecular complexity index is 1190. The first-order valence-corrected chi connectivity index (χ1v) is 8.67. The predicted molar refractivity (Wildman–Crippen MR) is 106 cm³/mol. The molecule has 0 aromatic heterocycles. The summed E-state index contributed by atoms with van der Waals surface area (Å²) in [6, 6.07) is 14.1. The summed E-state index contributed by atoms with van der Waals surface area (Å²) in [7, 11) is 0. The van der Waals surface area contributed by atoms with Crippen molar-refractivity contribution in [1.29, 1.82) is 0 Å². The number of carbonyl (C=O) groups excluding carboxylic acids is 2. The number of anilines is 3. The lowest BCUT2D eigenvalue weighted by atomic mass is 9.82. The van der Waals surface area contributed by atoms with E-state index >= 15 is 0 Å². The Hall–Kier alpha value is -3.64. The van der Waals surface area contributed by atoms with Gasteiger partial charge < -0.3 is 16.2 Å². The van der Waals surface area contributed by atoms with Crippen molar-refractivity contribution in [2.75, 3.05) is 11.1 Å². The van der Waals surface area contributed by atoms with Crippen LogP contribution in [0, 0.1) is 0 Å². The van der Waals surface area contributed by atoms with Gasteiger partial charge >= 0.3 is 5.97 Å². The zero-order valence-corrected chi connectivity index (χ0v) is 15.1. The number of para-hydroxylation sites is 1. The largest absolute Gasteiger partial charge is 0.478 e. The van der Waals surface area contributed by atoms with Gasteiger partial charge in [0.1, 0.15) is 0 Å². The smallest absolute Gasteiger partial charge is 0.337 e. The number of aromatic carboxylic acids is 1. The number of carbonyl (C=O) groups is 3. The minimum absolute atomic E-state index is 0.0131. The Balaban J connectivity index is 1.95. The van der Waals surface area contributed by atoms with Crippen LogP contribution in [0.5, 0.6) is 0 Å². The third-order valence-corrected chi connectivity index (χ3v) is 4.93. The highest BCUT2D eigenvalue weighted by Gasteiger charge is 2.34. The molecule has 0 spiro atoms. The molecule has 6 nitrogen and oxygen atoms in total. The molecule has 0 saturated carbocycles. The van der Waals surface area contributed by atoms with E-state index in [4.69, 9.17) is 17.3 Å². The van der Waals surface area contributed by atoms with Crippen LogP contribution in [0.4, 0.5) is 17.1 Å². The molecule has 28 heavy (non-hydrogen) atoms. The Kier molecular flexibility index (Phi) is 4.13.